The first-order valence-electron chi connectivity index (χ1n) is 7.05. The summed E-state index contributed by atoms with van der Waals surface area (Å²) in [5.41, 5.74) is 5.94. The van der Waals surface area contributed by atoms with Crippen LogP contribution in [0, 0.1) is 5.92 Å². The van der Waals surface area contributed by atoms with Gasteiger partial charge in [-0.05, 0) is 31.2 Å². The number of rotatable bonds is 7. The average Bonchev–Trinajstić information content (AvgIpc) is 2.37. The van der Waals surface area contributed by atoms with Crippen molar-refractivity contribution in [2.24, 2.45) is 11.7 Å². The maximum atomic E-state index is 12.2. The standard InChI is InChI=1S/C16H26N2O/c1-5-13(4)18-16(15(17)19,11-12(2)3)14-9-7-6-8-10-14/h6-10,12-13,18H,5,11H2,1-4H3,(H2,17,19). The first kappa shape index (κ1) is 15.7. The molecule has 0 aliphatic carbocycles. The van der Waals surface area contributed by atoms with Gasteiger partial charge in [0.25, 0.3) is 0 Å². The van der Waals surface area contributed by atoms with E-state index in [0.29, 0.717) is 12.3 Å². The second-order valence-electron chi connectivity index (χ2n) is 5.69. The van der Waals surface area contributed by atoms with E-state index in [0.717, 1.165) is 12.0 Å². The third-order valence-corrected chi connectivity index (χ3v) is 3.51. The van der Waals surface area contributed by atoms with E-state index in [2.05, 4.69) is 33.0 Å². The first-order valence-corrected chi connectivity index (χ1v) is 7.05. The number of carbonyl (C=O) groups is 1. The summed E-state index contributed by atoms with van der Waals surface area (Å²) >= 11 is 0. The molecule has 1 aromatic carbocycles. The summed E-state index contributed by atoms with van der Waals surface area (Å²) in [6.07, 6.45) is 1.66. The number of amides is 1. The lowest BCUT2D eigenvalue weighted by atomic mass is 9.81. The van der Waals surface area contributed by atoms with Crippen LogP contribution in [-0.2, 0) is 10.3 Å². The highest BCUT2D eigenvalue weighted by molar-refractivity contribution is 5.86. The van der Waals surface area contributed by atoms with Crippen molar-refractivity contribution in [1.29, 1.82) is 0 Å². The Kier molecular flexibility index (Phi) is 5.55. The van der Waals surface area contributed by atoms with Crippen LogP contribution in [0.3, 0.4) is 0 Å². The predicted molar refractivity (Wildman–Crippen MR) is 79.7 cm³/mol. The monoisotopic (exact) mass is 262 g/mol. The van der Waals surface area contributed by atoms with Crippen molar-refractivity contribution >= 4 is 5.91 Å². The van der Waals surface area contributed by atoms with Gasteiger partial charge in [-0.2, -0.15) is 0 Å². The molecule has 106 valence electrons. The van der Waals surface area contributed by atoms with E-state index >= 15 is 0 Å². The van der Waals surface area contributed by atoms with Crippen LogP contribution in [0.1, 0.15) is 46.1 Å². The fourth-order valence-electron chi connectivity index (χ4n) is 2.43. The van der Waals surface area contributed by atoms with Crippen LogP contribution < -0.4 is 11.1 Å². The highest BCUT2D eigenvalue weighted by Crippen LogP contribution is 2.29. The number of benzene rings is 1. The Balaban J connectivity index is 3.23. The predicted octanol–water partition coefficient (Wildman–Crippen LogP) is 2.80. The smallest absolute Gasteiger partial charge is 0.242 e. The third-order valence-electron chi connectivity index (χ3n) is 3.51. The van der Waals surface area contributed by atoms with Gasteiger partial charge < -0.3 is 5.73 Å². The number of carbonyl (C=O) groups excluding carboxylic acids is 1. The van der Waals surface area contributed by atoms with E-state index in [4.69, 9.17) is 5.73 Å². The molecule has 0 fully saturated rings. The molecular formula is C16H26N2O. The molecule has 0 bridgehead atoms. The molecule has 0 radical (unpaired) electrons. The van der Waals surface area contributed by atoms with Crippen molar-refractivity contribution in [2.75, 3.05) is 0 Å². The first-order chi connectivity index (χ1) is 8.92. The summed E-state index contributed by atoms with van der Waals surface area (Å²) in [7, 11) is 0. The maximum Gasteiger partial charge on any atom is 0.242 e. The number of nitrogens with one attached hydrogen (secondary N) is 1. The second kappa shape index (κ2) is 6.71. The molecule has 2 atom stereocenters. The van der Waals surface area contributed by atoms with Crippen LogP contribution in [0.25, 0.3) is 0 Å². The van der Waals surface area contributed by atoms with Crippen molar-refractivity contribution in [3.05, 3.63) is 35.9 Å². The Morgan fingerprint density at radius 3 is 2.26 bits per heavy atom. The van der Waals surface area contributed by atoms with Gasteiger partial charge in [-0.1, -0.05) is 51.1 Å². The summed E-state index contributed by atoms with van der Waals surface area (Å²) in [6.45, 7) is 8.41. The van der Waals surface area contributed by atoms with E-state index in [1.807, 2.05) is 30.3 Å². The van der Waals surface area contributed by atoms with Gasteiger partial charge >= 0.3 is 0 Å². The minimum atomic E-state index is -0.773. The zero-order valence-electron chi connectivity index (χ0n) is 12.4. The molecule has 0 aromatic heterocycles. The van der Waals surface area contributed by atoms with Crippen molar-refractivity contribution in [3.8, 4) is 0 Å². The van der Waals surface area contributed by atoms with Gasteiger partial charge in [0.15, 0.2) is 0 Å². The number of primary amides is 1. The molecule has 1 amide bonds. The summed E-state index contributed by atoms with van der Waals surface area (Å²) < 4.78 is 0. The van der Waals surface area contributed by atoms with Gasteiger partial charge in [0.1, 0.15) is 5.54 Å². The quantitative estimate of drug-likeness (QED) is 0.794. The number of nitrogens with two attached hydrogens (primary N) is 1. The molecule has 0 aliphatic rings. The van der Waals surface area contributed by atoms with Crippen LogP contribution in [-0.4, -0.2) is 11.9 Å². The zero-order valence-corrected chi connectivity index (χ0v) is 12.4. The lowest BCUT2D eigenvalue weighted by molar-refractivity contribution is -0.126. The Hall–Kier alpha value is -1.35. The molecule has 0 spiro atoms. The SMILES string of the molecule is CCC(C)NC(CC(C)C)(C(N)=O)c1ccccc1. The highest BCUT2D eigenvalue weighted by atomic mass is 16.1. The second-order valence-corrected chi connectivity index (χ2v) is 5.69. The van der Waals surface area contributed by atoms with Crippen molar-refractivity contribution in [1.82, 2.24) is 5.32 Å². The Bertz CT molecular complexity index is 402. The molecular weight excluding hydrogens is 236 g/mol. The third kappa shape index (κ3) is 3.80. The molecule has 0 saturated carbocycles. The van der Waals surface area contributed by atoms with Gasteiger partial charge in [0.2, 0.25) is 5.91 Å². The molecule has 0 saturated heterocycles. The molecule has 0 heterocycles. The van der Waals surface area contributed by atoms with E-state index in [-0.39, 0.29) is 11.9 Å². The van der Waals surface area contributed by atoms with Gasteiger partial charge in [-0.3, -0.25) is 10.1 Å². The van der Waals surface area contributed by atoms with E-state index in [1.165, 1.54) is 0 Å². The Morgan fingerprint density at radius 1 is 1.26 bits per heavy atom. The van der Waals surface area contributed by atoms with Crippen LogP contribution in [0.2, 0.25) is 0 Å². The topological polar surface area (TPSA) is 55.1 Å². The molecule has 3 nitrogen and oxygen atoms in total. The largest absolute Gasteiger partial charge is 0.368 e. The van der Waals surface area contributed by atoms with Gasteiger partial charge in [0, 0.05) is 6.04 Å². The van der Waals surface area contributed by atoms with Crippen molar-refractivity contribution in [3.63, 3.8) is 0 Å². The van der Waals surface area contributed by atoms with Gasteiger partial charge in [-0.25, -0.2) is 0 Å². The molecule has 1 aromatic rings. The minimum absolute atomic E-state index is 0.242. The Labute approximate surface area is 116 Å². The van der Waals surface area contributed by atoms with E-state index in [1.54, 1.807) is 0 Å². The molecule has 1 rings (SSSR count). The van der Waals surface area contributed by atoms with Crippen molar-refractivity contribution < 1.29 is 4.79 Å². The zero-order chi connectivity index (χ0) is 14.5. The Morgan fingerprint density at radius 2 is 1.84 bits per heavy atom. The summed E-state index contributed by atoms with van der Waals surface area (Å²) in [4.78, 5) is 12.2. The lowest BCUT2D eigenvalue weighted by Gasteiger charge is -2.36. The minimum Gasteiger partial charge on any atom is -0.368 e. The van der Waals surface area contributed by atoms with Crippen LogP contribution >= 0.6 is 0 Å². The average molecular weight is 262 g/mol. The summed E-state index contributed by atoms with van der Waals surface area (Å²) in [5.74, 6) is 0.0805. The van der Waals surface area contributed by atoms with E-state index < -0.39 is 5.54 Å². The van der Waals surface area contributed by atoms with Crippen molar-refractivity contribution in [2.45, 2.75) is 52.1 Å². The van der Waals surface area contributed by atoms with Gasteiger partial charge in [-0.15, -0.1) is 0 Å². The molecule has 2 unspecified atom stereocenters. The maximum absolute atomic E-state index is 12.2. The van der Waals surface area contributed by atoms with Crippen LogP contribution in [0.5, 0.6) is 0 Å². The summed E-state index contributed by atoms with van der Waals surface area (Å²) in [5, 5.41) is 3.45. The fraction of sp³-hybridized carbons (Fsp3) is 0.562. The molecule has 19 heavy (non-hydrogen) atoms. The lowest BCUT2D eigenvalue weighted by Crippen LogP contribution is -2.56. The van der Waals surface area contributed by atoms with Crippen LogP contribution in [0.4, 0.5) is 0 Å². The molecule has 3 heteroatoms. The normalized spacial score (nSPS) is 16.1. The number of hydrogen-bond acceptors (Lipinski definition) is 2. The highest BCUT2D eigenvalue weighted by Gasteiger charge is 2.39. The van der Waals surface area contributed by atoms with Gasteiger partial charge in [0.05, 0.1) is 0 Å². The molecule has 3 N–H and O–H groups in total. The molecule has 0 aliphatic heterocycles. The van der Waals surface area contributed by atoms with Crippen LogP contribution in [0.15, 0.2) is 30.3 Å². The summed E-state index contributed by atoms with van der Waals surface area (Å²) in [6, 6.07) is 10.0. The number of hydrogen-bond donors (Lipinski definition) is 2. The van der Waals surface area contributed by atoms with E-state index in [9.17, 15) is 4.79 Å². The fourth-order valence-corrected chi connectivity index (χ4v) is 2.43.